The lowest BCUT2D eigenvalue weighted by molar-refractivity contribution is -0.119. The molecule has 1 amide bonds. The third-order valence-electron chi connectivity index (χ3n) is 5.20. The van der Waals surface area contributed by atoms with Crippen molar-refractivity contribution in [3.05, 3.63) is 47.3 Å². The first-order valence-electron chi connectivity index (χ1n) is 9.64. The lowest BCUT2D eigenvalue weighted by atomic mass is 9.98. The number of nitrogens with one attached hydrogen (secondary N) is 1. The monoisotopic (exact) mass is 354 g/mol. The van der Waals surface area contributed by atoms with Crippen molar-refractivity contribution in [2.75, 3.05) is 13.1 Å². The van der Waals surface area contributed by atoms with Crippen LogP contribution in [0.1, 0.15) is 49.6 Å². The molecule has 1 aromatic carbocycles. The summed E-state index contributed by atoms with van der Waals surface area (Å²) in [7, 11) is 0. The molecule has 1 aliphatic rings. The van der Waals surface area contributed by atoms with Crippen molar-refractivity contribution in [2.24, 2.45) is 0 Å². The molecular weight excluding hydrogens is 324 g/mol. The number of para-hydroxylation sites is 1. The van der Waals surface area contributed by atoms with Crippen LogP contribution in [0.15, 0.2) is 30.3 Å². The molecule has 3 rings (SSSR count). The molecule has 2 heterocycles. The second-order valence-electron chi connectivity index (χ2n) is 7.36. The zero-order valence-electron chi connectivity index (χ0n) is 16.2. The normalized spacial score (nSPS) is 18.0. The molecule has 0 saturated carbocycles. The third kappa shape index (κ3) is 4.52. The first-order chi connectivity index (χ1) is 12.5. The number of aryl methyl sites for hydroxylation is 2. The zero-order chi connectivity index (χ0) is 18.5. The van der Waals surface area contributed by atoms with Crippen LogP contribution in [0.4, 0.5) is 0 Å². The van der Waals surface area contributed by atoms with Gasteiger partial charge in [-0.1, -0.05) is 24.6 Å². The first kappa shape index (κ1) is 18.6. The van der Waals surface area contributed by atoms with Gasteiger partial charge in [0, 0.05) is 31.7 Å². The highest BCUT2D eigenvalue weighted by molar-refractivity contribution is 5.72. The van der Waals surface area contributed by atoms with Crippen LogP contribution in [0.5, 0.6) is 0 Å². The number of hydrogen-bond donors (Lipinski definition) is 1. The van der Waals surface area contributed by atoms with Gasteiger partial charge in [0.1, 0.15) is 0 Å². The molecule has 0 aliphatic carbocycles. The van der Waals surface area contributed by atoms with Crippen LogP contribution in [0.25, 0.3) is 5.69 Å². The van der Waals surface area contributed by atoms with E-state index in [-0.39, 0.29) is 5.91 Å². The van der Waals surface area contributed by atoms with E-state index in [0.29, 0.717) is 6.04 Å². The van der Waals surface area contributed by atoms with E-state index in [1.165, 1.54) is 30.5 Å². The number of carbonyl (C=O) groups excluding carboxylic acids is 1. The molecule has 2 aromatic rings. The molecule has 5 heteroatoms. The number of benzene rings is 1. The second kappa shape index (κ2) is 8.49. The number of likely N-dealkylation sites (tertiary alicyclic amines) is 1. The summed E-state index contributed by atoms with van der Waals surface area (Å²) in [6, 6.07) is 11.2. The van der Waals surface area contributed by atoms with E-state index in [0.717, 1.165) is 37.4 Å². The van der Waals surface area contributed by atoms with Crippen molar-refractivity contribution in [3.8, 4) is 5.69 Å². The quantitative estimate of drug-likeness (QED) is 0.865. The van der Waals surface area contributed by atoms with Gasteiger partial charge in [0.15, 0.2) is 0 Å². The molecule has 1 atom stereocenters. The fourth-order valence-corrected chi connectivity index (χ4v) is 3.95. The van der Waals surface area contributed by atoms with Gasteiger partial charge in [-0.3, -0.25) is 9.69 Å². The minimum absolute atomic E-state index is 0.0576. The van der Waals surface area contributed by atoms with Gasteiger partial charge >= 0.3 is 0 Å². The molecular formula is C21H30N4O. The lowest BCUT2D eigenvalue weighted by Crippen LogP contribution is -2.41. The molecule has 0 radical (unpaired) electrons. The molecule has 1 aromatic heterocycles. The Morgan fingerprint density at radius 1 is 1.27 bits per heavy atom. The maximum absolute atomic E-state index is 11.2. The van der Waals surface area contributed by atoms with E-state index in [9.17, 15) is 4.79 Å². The van der Waals surface area contributed by atoms with Crippen molar-refractivity contribution in [2.45, 2.75) is 59.0 Å². The van der Waals surface area contributed by atoms with Crippen molar-refractivity contribution >= 4 is 5.91 Å². The van der Waals surface area contributed by atoms with E-state index < -0.39 is 0 Å². The summed E-state index contributed by atoms with van der Waals surface area (Å²) in [6.07, 6.45) is 4.75. The van der Waals surface area contributed by atoms with E-state index in [2.05, 4.69) is 57.3 Å². The molecule has 26 heavy (non-hydrogen) atoms. The molecule has 1 saturated heterocycles. The van der Waals surface area contributed by atoms with Gasteiger partial charge in [0.25, 0.3) is 0 Å². The smallest absolute Gasteiger partial charge is 0.216 e. The maximum Gasteiger partial charge on any atom is 0.216 e. The maximum atomic E-state index is 11.2. The molecule has 0 spiro atoms. The molecule has 0 bridgehead atoms. The van der Waals surface area contributed by atoms with Gasteiger partial charge in [-0.2, -0.15) is 5.10 Å². The standard InChI is InChI=1S/C21H30N4O/c1-16-14-17(2)25(23-16)21-10-5-4-8-19(21)15-24-13-7-6-9-20(24)11-12-22-18(3)26/h4-5,8,10,14,20H,6-7,9,11-13,15H2,1-3H3,(H,22,26)/t20-/m1/s1. The predicted molar refractivity (Wildman–Crippen MR) is 104 cm³/mol. The minimum Gasteiger partial charge on any atom is -0.356 e. The highest BCUT2D eigenvalue weighted by atomic mass is 16.1. The van der Waals surface area contributed by atoms with Crippen LogP contribution in [-0.4, -0.2) is 39.7 Å². The van der Waals surface area contributed by atoms with Crippen molar-refractivity contribution in [1.82, 2.24) is 20.0 Å². The summed E-state index contributed by atoms with van der Waals surface area (Å²) < 4.78 is 2.06. The first-order valence-corrected chi connectivity index (χ1v) is 9.64. The Morgan fingerprint density at radius 3 is 2.81 bits per heavy atom. The Labute approximate surface area is 156 Å². The summed E-state index contributed by atoms with van der Waals surface area (Å²) in [5.41, 5.74) is 4.69. The average molecular weight is 354 g/mol. The fraction of sp³-hybridized carbons (Fsp3) is 0.524. The van der Waals surface area contributed by atoms with E-state index in [4.69, 9.17) is 0 Å². The number of carbonyl (C=O) groups is 1. The number of amides is 1. The highest BCUT2D eigenvalue weighted by Gasteiger charge is 2.23. The summed E-state index contributed by atoms with van der Waals surface area (Å²) in [4.78, 5) is 13.7. The Balaban J connectivity index is 1.76. The minimum atomic E-state index is 0.0576. The fourth-order valence-electron chi connectivity index (χ4n) is 3.95. The highest BCUT2D eigenvalue weighted by Crippen LogP contribution is 2.25. The van der Waals surface area contributed by atoms with Crippen LogP contribution in [0.3, 0.4) is 0 Å². The Bertz CT molecular complexity index is 752. The third-order valence-corrected chi connectivity index (χ3v) is 5.20. The molecule has 0 unspecified atom stereocenters. The van der Waals surface area contributed by atoms with Gasteiger partial charge in [0.2, 0.25) is 5.91 Å². The van der Waals surface area contributed by atoms with Gasteiger partial charge in [-0.05, 0) is 57.4 Å². The summed E-state index contributed by atoms with van der Waals surface area (Å²) in [5.74, 6) is 0.0576. The number of aromatic nitrogens is 2. The van der Waals surface area contributed by atoms with Crippen molar-refractivity contribution < 1.29 is 4.79 Å². The predicted octanol–water partition coefficient (Wildman–Crippen LogP) is 3.37. The lowest BCUT2D eigenvalue weighted by Gasteiger charge is -2.36. The average Bonchev–Trinajstić information content (AvgIpc) is 2.95. The summed E-state index contributed by atoms with van der Waals surface area (Å²) in [6.45, 7) is 8.54. The van der Waals surface area contributed by atoms with Crippen LogP contribution in [-0.2, 0) is 11.3 Å². The molecule has 140 valence electrons. The largest absolute Gasteiger partial charge is 0.356 e. The number of rotatable bonds is 6. The Morgan fingerprint density at radius 2 is 2.08 bits per heavy atom. The van der Waals surface area contributed by atoms with Gasteiger partial charge in [-0.15, -0.1) is 0 Å². The van der Waals surface area contributed by atoms with Crippen LogP contribution in [0.2, 0.25) is 0 Å². The summed E-state index contributed by atoms with van der Waals surface area (Å²) in [5, 5.41) is 7.62. The molecule has 1 N–H and O–H groups in total. The van der Waals surface area contributed by atoms with Gasteiger partial charge in [0.05, 0.1) is 11.4 Å². The SMILES string of the molecule is CC(=O)NCC[C@H]1CCCCN1Cc1ccccc1-n1nc(C)cc1C. The number of hydrogen-bond acceptors (Lipinski definition) is 3. The molecule has 1 aliphatic heterocycles. The molecule has 1 fully saturated rings. The van der Waals surface area contributed by atoms with Crippen LogP contribution in [0, 0.1) is 13.8 Å². The van der Waals surface area contributed by atoms with E-state index in [1.54, 1.807) is 6.92 Å². The van der Waals surface area contributed by atoms with E-state index >= 15 is 0 Å². The zero-order valence-corrected chi connectivity index (χ0v) is 16.2. The molecule has 5 nitrogen and oxygen atoms in total. The number of piperidine rings is 1. The van der Waals surface area contributed by atoms with Crippen molar-refractivity contribution in [1.29, 1.82) is 0 Å². The number of nitrogens with zero attached hydrogens (tertiary/aromatic N) is 3. The van der Waals surface area contributed by atoms with E-state index in [1.807, 2.05) is 6.92 Å². The summed E-state index contributed by atoms with van der Waals surface area (Å²) >= 11 is 0. The van der Waals surface area contributed by atoms with Crippen LogP contribution < -0.4 is 5.32 Å². The topological polar surface area (TPSA) is 50.2 Å². The Hall–Kier alpha value is -2.14. The van der Waals surface area contributed by atoms with Gasteiger partial charge in [-0.25, -0.2) is 4.68 Å². The van der Waals surface area contributed by atoms with Crippen LogP contribution >= 0.6 is 0 Å². The Kier molecular flexibility index (Phi) is 6.09. The second-order valence-corrected chi connectivity index (χ2v) is 7.36. The van der Waals surface area contributed by atoms with Gasteiger partial charge < -0.3 is 5.32 Å². The van der Waals surface area contributed by atoms with Crippen molar-refractivity contribution in [3.63, 3.8) is 0 Å².